The van der Waals surface area contributed by atoms with Crippen LogP contribution >= 0.6 is 15.9 Å². The Morgan fingerprint density at radius 3 is 2.67 bits per heavy atom. The van der Waals surface area contributed by atoms with Crippen molar-refractivity contribution >= 4 is 27.4 Å². The third-order valence-electron chi connectivity index (χ3n) is 2.84. The summed E-state index contributed by atoms with van der Waals surface area (Å²) in [6.07, 6.45) is 0. The molecule has 110 valence electrons. The van der Waals surface area contributed by atoms with Crippen molar-refractivity contribution in [1.82, 2.24) is 0 Å². The van der Waals surface area contributed by atoms with Crippen molar-refractivity contribution in [3.8, 4) is 5.75 Å². The molecule has 0 bridgehead atoms. The summed E-state index contributed by atoms with van der Waals surface area (Å²) in [6, 6.07) is 6.42. The summed E-state index contributed by atoms with van der Waals surface area (Å²) >= 11 is 2.86. The molecule has 2 aromatic carbocycles. The molecule has 0 amide bonds. The fourth-order valence-corrected chi connectivity index (χ4v) is 2.21. The van der Waals surface area contributed by atoms with Gasteiger partial charge in [0.25, 0.3) is 0 Å². The van der Waals surface area contributed by atoms with E-state index in [0.29, 0.717) is 6.61 Å². The normalized spacial score (nSPS) is 10.5. The monoisotopic (exact) mass is 355 g/mol. The number of anilines is 1. The van der Waals surface area contributed by atoms with Gasteiger partial charge in [0.2, 0.25) is 5.78 Å². The van der Waals surface area contributed by atoms with Gasteiger partial charge in [0, 0.05) is 5.69 Å². The largest absolute Gasteiger partial charge is 0.493 e. The molecule has 0 aromatic heterocycles. The Bertz CT molecular complexity index is 704. The molecule has 2 rings (SSSR count). The van der Waals surface area contributed by atoms with Crippen molar-refractivity contribution < 1.29 is 18.3 Å². The van der Waals surface area contributed by atoms with Gasteiger partial charge in [-0.1, -0.05) is 6.07 Å². The van der Waals surface area contributed by atoms with E-state index in [9.17, 15) is 13.6 Å². The minimum atomic E-state index is -0.834. The van der Waals surface area contributed by atoms with Crippen LogP contribution in [0, 0.1) is 11.6 Å². The molecule has 0 radical (unpaired) electrons. The van der Waals surface area contributed by atoms with Gasteiger partial charge < -0.3 is 10.5 Å². The molecule has 0 aliphatic heterocycles. The average molecular weight is 356 g/mol. The Morgan fingerprint density at radius 1 is 1.29 bits per heavy atom. The van der Waals surface area contributed by atoms with Gasteiger partial charge in [0.1, 0.15) is 17.4 Å². The molecule has 6 heteroatoms. The number of nitrogen functional groups attached to an aromatic ring is 1. The number of hydrogen-bond acceptors (Lipinski definition) is 3. The molecule has 0 atom stereocenters. The predicted molar refractivity (Wildman–Crippen MR) is 79.5 cm³/mol. The zero-order valence-corrected chi connectivity index (χ0v) is 12.7. The molecular weight excluding hydrogens is 344 g/mol. The molecule has 2 aromatic rings. The number of carbonyl (C=O) groups is 1. The maximum Gasteiger partial charge on any atom is 0.201 e. The first-order valence-electron chi connectivity index (χ1n) is 6.16. The van der Waals surface area contributed by atoms with Gasteiger partial charge in [-0.15, -0.1) is 0 Å². The molecule has 0 unspecified atom stereocenters. The predicted octanol–water partition coefficient (Wildman–Crippen LogP) is 3.94. The zero-order chi connectivity index (χ0) is 15.6. The van der Waals surface area contributed by atoms with E-state index in [1.165, 1.54) is 6.07 Å². The molecule has 0 heterocycles. The first kappa shape index (κ1) is 15.4. The number of ether oxygens (including phenoxy) is 1. The fraction of sp³-hybridized carbons (Fsp3) is 0.133. The average Bonchev–Trinajstić information content (AvgIpc) is 2.43. The van der Waals surface area contributed by atoms with E-state index in [4.69, 9.17) is 10.5 Å². The third-order valence-corrected chi connectivity index (χ3v) is 3.45. The molecule has 21 heavy (non-hydrogen) atoms. The third kappa shape index (κ3) is 3.05. The van der Waals surface area contributed by atoms with E-state index in [1.54, 1.807) is 19.1 Å². The minimum absolute atomic E-state index is 0.0278. The lowest BCUT2D eigenvalue weighted by atomic mass is 10.00. The van der Waals surface area contributed by atoms with Gasteiger partial charge in [-0.05, 0) is 47.1 Å². The number of hydrogen-bond donors (Lipinski definition) is 1. The Hall–Kier alpha value is -1.95. The van der Waals surface area contributed by atoms with Crippen LogP contribution in [0.15, 0.2) is 34.8 Å². The summed E-state index contributed by atoms with van der Waals surface area (Å²) in [4.78, 5) is 12.5. The number of carbonyl (C=O) groups excluding carboxylic acids is 1. The summed E-state index contributed by atoms with van der Waals surface area (Å²) in [5.41, 5.74) is 5.56. The van der Waals surface area contributed by atoms with E-state index >= 15 is 0 Å². The van der Waals surface area contributed by atoms with Gasteiger partial charge in [-0.25, -0.2) is 8.78 Å². The maximum absolute atomic E-state index is 13.9. The summed E-state index contributed by atoms with van der Waals surface area (Å²) in [5.74, 6) is -2.04. The second-order valence-corrected chi connectivity index (χ2v) is 5.08. The number of nitrogens with two attached hydrogens (primary N) is 1. The van der Waals surface area contributed by atoms with Gasteiger partial charge in [-0.2, -0.15) is 0 Å². The van der Waals surface area contributed by atoms with Crippen LogP contribution in [0.2, 0.25) is 0 Å². The second kappa shape index (κ2) is 6.22. The van der Waals surface area contributed by atoms with Crippen molar-refractivity contribution in [3.63, 3.8) is 0 Å². The molecule has 0 spiro atoms. The van der Waals surface area contributed by atoms with Gasteiger partial charge >= 0.3 is 0 Å². The van der Waals surface area contributed by atoms with Gasteiger partial charge in [0.15, 0.2) is 0 Å². The highest BCUT2D eigenvalue weighted by molar-refractivity contribution is 9.10. The van der Waals surface area contributed by atoms with E-state index < -0.39 is 23.0 Å². The van der Waals surface area contributed by atoms with Crippen LogP contribution in [-0.4, -0.2) is 12.4 Å². The van der Waals surface area contributed by atoms with Crippen LogP contribution < -0.4 is 10.5 Å². The van der Waals surface area contributed by atoms with Crippen LogP contribution in [0.1, 0.15) is 22.8 Å². The maximum atomic E-state index is 13.9. The zero-order valence-electron chi connectivity index (χ0n) is 11.1. The Labute approximate surface area is 128 Å². The molecule has 2 N–H and O–H groups in total. The van der Waals surface area contributed by atoms with Crippen molar-refractivity contribution in [1.29, 1.82) is 0 Å². The summed E-state index contributed by atoms with van der Waals surface area (Å²) in [5, 5.41) is 0. The first-order chi connectivity index (χ1) is 9.95. The van der Waals surface area contributed by atoms with Crippen molar-refractivity contribution in [2.45, 2.75) is 6.92 Å². The molecular formula is C15H12BrF2NO2. The number of rotatable bonds is 4. The Morgan fingerprint density at radius 2 is 2.00 bits per heavy atom. The lowest BCUT2D eigenvalue weighted by molar-refractivity contribution is 0.103. The second-order valence-electron chi connectivity index (χ2n) is 4.23. The molecule has 0 saturated heterocycles. The SMILES string of the molecule is CCOc1cccc(N)c1C(=O)c1cc(F)c(Br)cc1F. The van der Waals surface area contributed by atoms with Crippen LogP contribution in [0.3, 0.4) is 0 Å². The highest BCUT2D eigenvalue weighted by Crippen LogP contribution is 2.29. The van der Waals surface area contributed by atoms with Crippen LogP contribution in [0.5, 0.6) is 5.75 Å². The van der Waals surface area contributed by atoms with E-state index in [2.05, 4.69) is 15.9 Å². The van der Waals surface area contributed by atoms with Crippen molar-refractivity contribution in [2.24, 2.45) is 0 Å². The fourth-order valence-electron chi connectivity index (χ4n) is 1.90. The highest BCUT2D eigenvalue weighted by atomic mass is 79.9. The molecule has 3 nitrogen and oxygen atoms in total. The summed E-state index contributed by atoms with van der Waals surface area (Å²) < 4.78 is 32.7. The Balaban J connectivity index is 2.57. The van der Waals surface area contributed by atoms with Gasteiger partial charge in [0.05, 0.1) is 22.2 Å². The smallest absolute Gasteiger partial charge is 0.201 e. The molecule has 0 aliphatic carbocycles. The number of ketones is 1. The topological polar surface area (TPSA) is 52.3 Å². The standard InChI is InChI=1S/C15H12BrF2NO2/c1-2-21-13-5-3-4-12(19)14(13)15(20)8-6-11(18)9(16)7-10(8)17/h3-7H,2,19H2,1H3. The van der Waals surface area contributed by atoms with E-state index in [1.807, 2.05) is 0 Å². The quantitative estimate of drug-likeness (QED) is 0.513. The molecule has 0 fully saturated rings. The van der Waals surface area contributed by atoms with Crippen molar-refractivity contribution in [2.75, 3.05) is 12.3 Å². The minimum Gasteiger partial charge on any atom is -0.493 e. The van der Waals surface area contributed by atoms with Crippen LogP contribution in [-0.2, 0) is 0 Å². The molecule has 0 aliphatic rings. The molecule has 0 saturated carbocycles. The first-order valence-corrected chi connectivity index (χ1v) is 6.95. The van der Waals surface area contributed by atoms with E-state index in [0.717, 1.165) is 12.1 Å². The lowest BCUT2D eigenvalue weighted by Crippen LogP contribution is -2.11. The number of benzene rings is 2. The lowest BCUT2D eigenvalue weighted by Gasteiger charge is -2.12. The summed E-state index contributed by atoms with van der Waals surface area (Å²) in [6.45, 7) is 2.07. The van der Waals surface area contributed by atoms with Gasteiger partial charge in [-0.3, -0.25) is 4.79 Å². The summed E-state index contributed by atoms with van der Waals surface area (Å²) in [7, 11) is 0. The highest BCUT2D eigenvalue weighted by Gasteiger charge is 2.22. The van der Waals surface area contributed by atoms with Crippen LogP contribution in [0.25, 0.3) is 0 Å². The van der Waals surface area contributed by atoms with Crippen molar-refractivity contribution in [3.05, 3.63) is 57.6 Å². The van der Waals surface area contributed by atoms with Crippen LogP contribution in [0.4, 0.5) is 14.5 Å². The number of halogens is 3. The Kier molecular flexibility index (Phi) is 4.57. The van der Waals surface area contributed by atoms with E-state index in [-0.39, 0.29) is 21.5 Å².